The Morgan fingerprint density at radius 2 is 1.88 bits per heavy atom. The van der Waals surface area contributed by atoms with Crippen LogP contribution in [0, 0.1) is 11.8 Å². The lowest BCUT2D eigenvalue weighted by Crippen LogP contribution is -2.63. The normalized spacial score (nSPS) is 22.7. The monoisotopic (exact) mass is 241 g/mol. The molecule has 1 rings (SSSR count). The highest BCUT2D eigenvalue weighted by Gasteiger charge is 2.44. The highest BCUT2D eigenvalue weighted by Crippen LogP contribution is 2.18. The molecule has 5 amide bonds. The molecule has 0 spiro atoms. The summed E-state index contributed by atoms with van der Waals surface area (Å²) >= 11 is 0. The fraction of sp³-hybridized carbons (Fsp3) is 0.600. The van der Waals surface area contributed by atoms with Crippen molar-refractivity contribution in [2.24, 2.45) is 17.6 Å². The second kappa shape index (κ2) is 4.52. The van der Waals surface area contributed by atoms with Crippen LogP contribution in [-0.4, -0.2) is 34.7 Å². The molecule has 0 bridgehead atoms. The Kier molecular flexibility index (Phi) is 3.50. The molecule has 0 radical (unpaired) electrons. The molecule has 1 fully saturated rings. The summed E-state index contributed by atoms with van der Waals surface area (Å²) in [6.45, 7) is 4.70. The number of hydrogen-bond donors (Lipinski definition) is 2. The summed E-state index contributed by atoms with van der Waals surface area (Å²) in [6.07, 6.45) is 0. The molecule has 0 saturated carbocycles. The van der Waals surface area contributed by atoms with Gasteiger partial charge in [0.25, 0.3) is 0 Å². The largest absolute Gasteiger partial charge is 0.368 e. The zero-order chi connectivity index (χ0) is 13.3. The van der Waals surface area contributed by atoms with Gasteiger partial charge in [-0.2, -0.15) is 0 Å². The van der Waals surface area contributed by atoms with E-state index in [0.29, 0.717) is 0 Å². The number of nitrogens with two attached hydrogens (primary N) is 1. The van der Waals surface area contributed by atoms with Gasteiger partial charge < -0.3 is 5.73 Å². The topological polar surface area (TPSA) is 110 Å². The standard InChI is InChI=1S/C10H15N3O4/c1-4(2)6(7(11)14)13-9(16)5(3)8(15)12-10(13)17/h4-6H,1-3H3,(H2,11,14)(H,12,15,17). The zero-order valence-electron chi connectivity index (χ0n) is 9.89. The van der Waals surface area contributed by atoms with Gasteiger partial charge in [-0.1, -0.05) is 13.8 Å². The van der Waals surface area contributed by atoms with Gasteiger partial charge in [0.05, 0.1) is 0 Å². The Morgan fingerprint density at radius 1 is 1.35 bits per heavy atom. The molecular formula is C10H15N3O4. The number of carbonyl (C=O) groups is 4. The molecule has 1 aliphatic heterocycles. The third kappa shape index (κ3) is 2.27. The number of primary amides is 1. The van der Waals surface area contributed by atoms with Crippen LogP contribution in [0.25, 0.3) is 0 Å². The first-order chi connectivity index (χ1) is 7.77. The molecule has 0 aromatic carbocycles. The number of urea groups is 1. The van der Waals surface area contributed by atoms with Gasteiger partial charge in [-0.3, -0.25) is 24.6 Å². The van der Waals surface area contributed by atoms with Gasteiger partial charge in [-0.05, 0) is 12.8 Å². The number of nitrogens with one attached hydrogen (secondary N) is 1. The molecule has 2 unspecified atom stereocenters. The SMILES string of the molecule is CC1C(=O)NC(=O)N(C(C(N)=O)C(C)C)C1=O. The van der Waals surface area contributed by atoms with E-state index in [0.717, 1.165) is 4.90 Å². The predicted molar refractivity (Wildman–Crippen MR) is 57.4 cm³/mol. The van der Waals surface area contributed by atoms with Crippen molar-refractivity contribution in [2.75, 3.05) is 0 Å². The summed E-state index contributed by atoms with van der Waals surface area (Å²) in [5.41, 5.74) is 5.18. The van der Waals surface area contributed by atoms with E-state index < -0.39 is 35.7 Å². The molecule has 0 aliphatic carbocycles. The third-order valence-corrected chi connectivity index (χ3v) is 2.65. The molecule has 1 aliphatic rings. The van der Waals surface area contributed by atoms with E-state index in [9.17, 15) is 19.2 Å². The minimum Gasteiger partial charge on any atom is -0.368 e. The van der Waals surface area contributed by atoms with E-state index in [1.807, 2.05) is 5.32 Å². The van der Waals surface area contributed by atoms with Crippen molar-refractivity contribution >= 4 is 23.8 Å². The van der Waals surface area contributed by atoms with Crippen molar-refractivity contribution in [3.8, 4) is 0 Å². The van der Waals surface area contributed by atoms with Crippen LogP contribution in [0.4, 0.5) is 4.79 Å². The fourth-order valence-corrected chi connectivity index (χ4v) is 1.71. The van der Waals surface area contributed by atoms with Crippen LogP contribution in [0.1, 0.15) is 20.8 Å². The maximum atomic E-state index is 11.8. The molecule has 17 heavy (non-hydrogen) atoms. The minimum absolute atomic E-state index is 0.317. The van der Waals surface area contributed by atoms with Gasteiger partial charge >= 0.3 is 6.03 Å². The van der Waals surface area contributed by atoms with E-state index in [-0.39, 0.29) is 5.92 Å². The highest BCUT2D eigenvalue weighted by molar-refractivity contribution is 6.17. The van der Waals surface area contributed by atoms with Crippen molar-refractivity contribution in [2.45, 2.75) is 26.8 Å². The van der Waals surface area contributed by atoms with Crippen molar-refractivity contribution in [3.05, 3.63) is 0 Å². The van der Waals surface area contributed by atoms with Crippen LogP contribution in [0.3, 0.4) is 0 Å². The van der Waals surface area contributed by atoms with Gasteiger partial charge in [0, 0.05) is 0 Å². The van der Waals surface area contributed by atoms with Crippen molar-refractivity contribution in [1.29, 1.82) is 0 Å². The number of nitrogens with zero attached hydrogens (tertiary/aromatic N) is 1. The highest BCUT2D eigenvalue weighted by atomic mass is 16.2. The number of rotatable bonds is 3. The molecule has 1 heterocycles. The van der Waals surface area contributed by atoms with Gasteiger partial charge in [-0.15, -0.1) is 0 Å². The number of carbonyl (C=O) groups excluding carboxylic acids is 4. The van der Waals surface area contributed by atoms with E-state index in [1.54, 1.807) is 13.8 Å². The Labute approximate surface area is 98.3 Å². The lowest BCUT2D eigenvalue weighted by molar-refractivity contribution is -0.147. The average molecular weight is 241 g/mol. The van der Waals surface area contributed by atoms with E-state index >= 15 is 0 Å². The Bertz CT molecular complexity index is 391. The quantitative estimate of drug-likeness (QED) is 0.631. The van der Waals surface area contributed by atoms with Gasteiger partial charge in [0.1, 0.15) is 12.0 Å². The third-order valence-electron chi connectivity index (χ3n) is 2.65. The maximum absolute atomic E-state index is 11.8. The Balaban J connectivity index is 3.10. The average Bonchev–Trinajstić information content (AvgIpc) is 2.19. The number of imide groups is 2. The summed E-state index contributed by atoms with van der Waals surface area (Å²) in [5.74, 6) is -3.44. The molecule has 7 heteroatoms. The summed E-state index contributed by atoms with van der Waals surface area (Å²) in [6, 6.07) is -1.94. The molecule has 7 nitrogen and oxygen atoms in total. The van der Waals surface area contributed by atoms with Crippen LogP contribution in [-0.2, 0) is 14.4 Å². The summed E-state index contributed by atoms with van der Waals surface area (Å²) < 4.78 is 0. The molecule has 94 valence electrons. The molecule has 2 atom stereocenters. The number of barbiturate groups is 1. The lowest BCUT2D eigenvalue weighted by atomic mass is 9.98. The van der Waals surface area contributed by atoms with Crippen LogP contribution < -0.4 is 11.1 Å². The first kappa shape index (κ1) is 13.1. The molecule has 0 aromatic rings. The van der Waals surface area contributed by atoms with E-state index in [1.165, 1.54) is 6.92 Å². The van der Waals surface area contributed by atoms with Crippen molar-refractivity contribution < 1.29 is 19.2 Å². The summed E-state index contributed by atoms with van der Waals surface area (Å²) in [7, 11) is 0. The summed E-state index contributed by atoms with van der Waals surface area (Å²) in [4.78, 5) is 46.7. The second-order valence-electron chi connectivity index (χ2n) is 4.32. The molecule has 0 aromatic heterocycles. The fourth-order valence-electron chi connectivity index (χ4n) is 1.71. The smallest absolute Gasteiger partial charge is 0.331 e. The van der Waals surface area contributed by atoms with Crippen LogP contribution in [0.5, 0.6) is 0 Å². The lowest BCUT2D eigenvalue weighted by Gasteiger charge is -2.34. The van der Waals surface area contributed by atoms with Crippen LogP contribution in [0.15, 0.2) is 0 Å². The Hall–Kier alpha value is -1.92. The van der Waals surface area contributed by atoms with Gasteiger partial charge in [0.2, 0.25) is 17.7 Å². The molecular weight excluding hydrogens is 226 g/mol. The van der Waals surface area contributed by atoms with Gasteiger partial charge in [0.15, 0.2) is 0 Å². The summed E-state index contributed by atoms with van der Waals surface area (Å²) in [5, 5.41) is 2.02. The first-order valence-corrected chi connectivity index (χ1v) is 5.24. The molecule has 1 saturated heterocycles. The Morgan fingerprint density at radius 3 is 2.29 bits per heavy atom. The van der Waals surface area contributed by atoms with E-state index in [2.05, 4.69) is 0 Å². The minimum atomic E-state index is -1.04. The zero-order valence-corrected chi connectivity index (χ0v) is 9.89. The predicted octanol–water partition coefficient (Wildman–Crippen LogP) is -0.789. The van der Waals surface area contributed by atoms with E-state index in [4.69, 9.17) is 5.73 Å². The second-order valence-corrected chi connectivity index (χ2v) is 4.32. The van der Waals surface area contributed by atoms with Crippen LogP contribution in [0.2, 0.25) is 0 Å². The van der Waals surface area contributed by atoms with Gasteiger partial charge in [-0.25, -0.2) is 4.79 Å². The van der Waals surface area contributed by atoms with Crippen molar-refractivity contribution in [1.82, 2.24) is 10.2 Å². The number of amides is 5. The maximum Gasteiger partial charge on any atom is 0.331 e. The van der Waals surface area contributed by atoms with Crippen LogP contribution >= 0.6 is 0 Å². The number of hydrogen-bond acceptors (Lipinski definition) is 4. The van der Waals surface area contributed by atoms with Crippen molar-refractivity contribution in [3.63, 3.8) is 0 Å². The first-order valence-electron chi connectivity index (χ1n) is 5.24. The molecule has 3 N–H and O–H groups in total.